The van der Waals surface area contributed by atoms with Crippen LogP contribution in [-0.2, 0) is 20.0 Å². The molecule has 2 aromatic heterocycles. The first-order valence-corrected chi connectivity index (χ1v) is 9.19. The molecule has 0 aliphatic carbocycles. The summed E-state index contributed by atoms with van der Waals surface area (Å²) in [6, 6.07) is 9.59. The van der Waals surface area contributed by atoms with E-state index < -0.39 is 5.97 Å². The van der Waals surface area contributed by atoms with Gasteiger partial charge < -0.3 is 15.0 Å². The van der Waals surface area contributed by atoms with Crippen molar-refractivity contribution in [1.82, 2.24) is 24.6 Å². The van der Waals surface area contributed by atoms with Gasteiger partial charge in [0, 0.05) is 26.2 Å². The fourth-order valence-corrected chi connectivity index (χ4v) is 3.61. The molecule has 3 heterocycles. The van der Waals surface area contributed by atoms with Crippen molar-refractivity contribution in [1.29, 1.82) is 0 Å². The van der Waals surface area contributed by atoms with E-state index in [0.717, 1.165) is 24.1 Å². The van der Waals surface area contributed by atoms with Crippen molar-refractivity contribution in [3.05, 3.63) is 71.1 Å². The maximum Gasteiger partial charge on any atom is 0.356 e. The van der Waals surface area contributed by atoms with Crippen LogP contribution in [0.5, 0.6) is 0 Å². The van der Waals surface area contributed by atoms with Crippen LogP contribution in [0, 0.1) is 0 Å². The van der Waals surface area contributed by atoms with E-state index in [1.807, 2.05) is 41.9 Å². The summed E-state index contributed by atoms with van der Waals surface area (Å²) in [5.74, 6) is -0.702. The van der Waals surface area contributed by atoms with Crippen molar-refractivity contribution in [2.45, 2.75) is 31.8 Å². The number of hydrogen-bond acceptors (Lipinski definition) is 4. The maximum absolute atomic E-state index is 13.0. The van der Waals surface area contributed by atoms with Gasteiger partial charge in [0.25, 0.3) is 5.91 Å². The average molecular weight is 379 g/mol. The number of carboxylic acid groups (broad SMARTS) is 1. The molecule has 8 nitrogen and oxygen atoms in total. The lowest BCUT2D eigenvalue weighted by Crippen LogP contribution is -2.33. The standard InChI is InChI=1S/C20H21N5O3/c1-24-17(10-13-6-3-2-4-7-13)14(11-21-24)19(26)23-15-8-5-9-25-12-16(20(27)28)22-18(15)25/h2-4,6-7,11-12,15H,5,8-10H2,1H3,(H,23,26)(H,27,28). The van der Waals surface area contributed by atoms with Crippen LogP contribution in [0.1, 0.15) is 56.8 Å². The first kappa shape index (κ1) is 18.0. The maximum atomic E-state index is 13.0. The molecular formula is C20H21N5O3. The number of rotatable bonds is 5. The minimum atomic E-state index is -1.07. The number of fused-ring (bicyclic) bond motifs is 1. The van der Waals surface area contributed by atoms with Crippen molar-refractivity contribution in [2.75, 3.05) is 0 Å². The van der Waals surface area contributed by atoms with Crippen LogP contribution in [0.15, 0.2) is 42.7 Å². The third kappa shape index (κ3) is 3.40. The van der Waals surface area contributed by atoms with Gasteiger partial charge in [0.05, 0.1) is 23.5 Å². The molecule has 8 heteroatoms. The second-order valence-electron chi connectivity index (χ2n) is 6.94. The number of carbonyl (C=O) groups excluding carboxylic acids is 1. The Morgan fingerprint density at radius 3 is 2.82 bits per heavy atom. The molecule has 1 aliphatic rings. The van der Waals surface area contributed by atoms with Crippen LogP contribution in [0.4, 0.5) is 0 Å². The van der Waals surface area contributed by atoms with Gasteiger partial charge in [-0.1, -0.05) is 30.3 Å². The molecule has 4 rings (SSSR count). The molecule has 0 radical (unpaired) electrons. The number of aryl methyl sites for hydroxylation is 2. The molecule has 1 atom stereocenters. The largest absolute Gasteiger partial charge is 0.476 e. The highest BCUT2D eigenvalue weighted by atomic mass is 16.4. The molecular weight excluding hydrogens is 358 g/mol. The summed E-state index contributed by atoms with van der Waals surface area (Å²) >= 11 is 0. The van der Waals surface area contributed by atoms with E-state index in [1.54, 1.807) is 10.9 Å². The highest BCUT2D eigenvalue weighted by Gasteiger charge is 2.27. The zero-order chi connectivity index (χ0) is 19.7. The number of nitrogens with one attached hydrogen (secondary N) is 1. The number of hydrogen-bond donors (Lipinski definition) is 2. The minimum Gasteiger partial charge on any atom is -0.476 e. The minimum absolute atomic E-state index is 0.00212. The summed E-state index contributed by atoms with van der Waals surface area (Å²) in [7, 11) is 1.82. The van der Waals surface area contributed by atoms with Crippen LogP contribution < -0.4 is 5.32 Å². The van der Waals surface area contributed by atoms with E-state index in [9.17, 15) is 14.7 Å². The van der Waals surface area contributed by atoms with Gasteiger partial charge in [-0.2, -0.15) is 5.10 Å². The van der Waals surface area contributed by atoms with E-state index in [4.69, 9.17) is 0 Å². The lowest BCUT2D eigenvalue weighted by molar-refractivity contribution is 0.0690. The number of amides is 1. The Hall–Kier alpha value is -3.42. The molecule has 2 N–H and O–H groups in total. The van der Waals surface area contributed by atoms with E-state index in [2.05, 4.69) is 15.4 Å². The number of carbonyl (C=O) groups is 2. The Kier molecular flexibility index (Phi) is 4.68. The van der Waals surface area contributed by atoms with Gasteiger partial charge in [0.2, 0.25) is 0 Å². The van der Waals surface area contributed by atoms with Crippen molar-refractivity contribution in [2.24, 2.45) is 7.05 Å². The third-order valence-corrected chi connectivity index (χ3v) is 5.06. The summed E-state index contributed by atoms with van der Waals surface area (Å²) in [6.45, 7) is 0.703. The van der Waals surface area contributed by atoms with E-state index in [-0.39, 0.29) is 17.6 Å². The lowest BCUT2D eigenvalue weighted by atomic mass is 10.0. The number of aromatic nitrogens is 4. The highest BCUT2D eigenvalue weighted by molar-refractivity contribution is 5.95. The Morgan fingerprint density at radius 1 is 1.29 bits per heavy atom. The first-order valence-electron chi connectivity index (χ1n) is 9.19. The average Bonchev–Trinajstić information content (AvgIpc) is 3.28. The Morgan fingerprint density at radius 2 is 2.07 bits per heavy atom. The SMILES string of the molecule is Cn1ncc(C(=O)NC2CCCn3cc(C(=O)O)nc32)c1Cc1ccccc1. The van der Waals surface area contributed by atoms with Crippen LogP contribution in [0.2, 0.25) is 0 Å². The summed E-state index contributed by atoms with van der Waals surface area (Å²) in [6.07, 6.45) is 5.27. The molecule has 0 spiro atoms. The van der Waals surface area contributed by atoms with E-state index in [1.165, 1.54) is 6.20 Å². The second kappa shape index (κ2) is 7.30. The molecule has 1 aromatic carbocycles. The Bertz CT molecular complexity index is 1020. The Labute approximate surface area is 161 Å². The number of aromatic carboxylic acids is 1. The van der Waals surface area contributed by atoms with Crippen LogP contribution in [0.25, 0.3) is 0 Å². The van der Waals surface area contributed by atoms with E-state index in [0.29, 0.717) is 24.4 Å². The quantitative estimate of drug-likeness (QED) is 0.707. The number of benzene rings is 1. The number of carboxylic acids is 1. The summed E-state index contributed by atoms with van der Waals surface area (Å²) in [5, 5.41) is 16.5. The molecule has 0 fully saturated rings. The fourth-order valence-electron chi connectivity index (χ4n) is 3.61. The molecule has 28 heavy (non-hydrogen) atoms. The smallest absolute Gasteiger partial charge is 0.356 e. The molecule has 3 aromatic rings. The zero-order valence-corrected chi connectivity index (χ0v) is 15.5. The fraction of sp³-hybridized carbons (Fsp3) is 0.300. The number of nitrogens with zero attached hydrogens (tertiary/aromatic N) is 4. The highest BCUT2D eigenvalue weighted by Crippen LogP contribution is 2.25. The monoisotopic (exact) mass is 379 g/mol. The number of imidazole rings is 1. The normalized spacial score (nSPS) is 15.8. The molecule has 1 aliphatic heterocycles. The Balaban J connectivity index is 1.57. The summed E-state index contributed by atoms with van der Waals surface area (Å²) in [5.41, 5.74) is 2.45. The molecule has 0 saturated carbocycles. The third-order valence-electron chi connectivity index (χ3n) is 5.06. The van der Waals surface area contributed by atoms with Crippen LogP contribution in [-0.4, -0.2) is 36.3 Å². The molecule has 0 saturated heterocycles. The second-order valence-corrected chi connectivity index (χ2v) is 6.94. The molecule has 1 unspecified atom stereocenters. The van der Waals surface area contributed by atoms with Gasteiger partial charge in [0.15, 0.2) is 5.69 Å². The van der Waals surface area contributed by atoms with Gasteiger partial charge >= 0.3 is 5.97 Å². The van der Waals surface area contributed by atoms with Crippen LogP contribution in [0.3, 0.4) is 0 Å². The summed E-state index contributed by atoms with van der Waals surface area (Å²) < 4.78 is 3.53. The summed E-state index contributed by atoms with van der Waals surface area (Å²) in [4.78, 5) is 28.4. The van der Waals surface area contributed by atoms with E-state index >= 15 is 0 Å². The van der Waals surface area contributed by atoms with Gasteiger partial charge in [-0.3, -0.25) is 9.48 Å². The van der Waals surface area contributed by atoms with Crippen molar-refractivity contribution < 1.29 is 14.7 Å². The van der Waals surface area contributed by atoms with Gasteiger partial charge in [-0.05, 0) is 18.4 Å². The molecule has 144 valence electrons. The van der Waals surface area contributed by atoms with Gasteiger partial charge in [-0.15, -0.1) is 0 Å². The predicted octanol–water partition coefficient (Wildman–Crippen LogP) is 2.17. The van der Waals surface area contributed by atoms with Crippen molar-refractivity contribution in [3.8, 4) is 0 Å². The zero-order valence-electron chi connectivity index (χ0n) is 15.5. The molecule has 1 amide bonds. The van der Waals surface area contributed by atoms with Gasteiger partial charge in [-0.25, -0.2) is 9.78 Å². The topological polar surface area (TPSA) is 102 Å². The van der Waals surface area contributed by atoms with Crippen LogP contribution >= 0.6 is 0 Å². The lowest BCUT2D eigenvalue weighted by Gasteiger charge is -2.24. The van der Waals surface area contributed by atoms with Crippen molar-refractivity contribution >= 4 is 11.9 Å². The van der Waals surface area contributed by atoms with Gasteiger partial charge in [0.1, 0.15) is 5.82 Å². The van der Waals surface area contributed by atoms with Crippen molar-refractivity contribution in [3.63, 3.8) is 0 Å². The molecule has 0 bridgehead atoms. The first-order chi connectivity index (χ1) is 13.5. The predicted molar refractivity (Wildman–Crippen MR) is 101 cm³/mol.